The summed E-state index contributed by atoms with van der Waals surface area (Å²) in [6, 6.07) is 5.22. The van der Waals surface area contributed by atoms with Crippen molar-refractivity contribution in [3.63, 3.8) is 0 Å². The Morgan fingerprint density at radius 1 is 1.06 bits per heavy atom. The van der Waals surface area contributed by atoms with Crippen LogP contribution in [0.3, 0.4) is 0 Å². The number of primary amides is 1. The van der Waals surface area contributed by atoms with Crippen LogP contribution in [-0.4, -0.2) is 76.9 Å². The second-order valence-electron chi connectivity index (χ2n) is 8.66. The number of amides is 4. The van der Waals surface area contributed by atoms with Crippen molar-refractivity contribution in [2.24, 2.45) is 5.73 Å². The Kier molecular flexibility index (Phi) is 8.58. The molecule has 3 rings (SSSR count). The molecule has 1 aromatic carbocycles. The molecule has 4 amide bonds. The number of hydrogen-bond donors (Lipinski definition) is 5. The number of benzene rings is 1. The molecule has 0 aliphatic carbocycles. The summed E-state index contributed by atoms with van der Waals surface area (Å²) in [6.07, 6.45) is 2.00. The molecule has 11 heteroatoms. The number of carboxylic acid groups (broad SMARTS) is 1. The van der Waals surface area contributed by atoms with Gasteiger partial charge in [0.05, 0.1) is 12.5 Å². The highest BCUT2D eigenvalue weighted by atomic mass is 16.4. The second kappa shape index (κ2) is 11.6. The zero-order valence-corrected chi connectivity index (χ0v) is 18.9. The monoisotopic (exact) mass is 473 g/mol. The third-order valence-corrected chi connectivity index (χ3v) is 6.13. The number of likely N-dealkylation sites (tertiary alicyclic amines) is 1. The van der Waals surface area contributed by atoms with E-state index in [4.69, 9.17) is 5.73 Å². The van der Waals surface area contributed by atoms with E-state index in [0.29, 0.717) is 25.8 Å². The molecular weight excluding hydrogens is 442 g/mol. The van der Waals surface area contributed by atoms with Crippen molar-refractivity contribution in [2.45, 2.75) is 62.7 Å². The van der Waals surface area contributed by atoms with Gasteiger partial charge in [-0.1, -0.05) is 30.3 Å². The highest BCUT2D eigenvalue weighted by Crippen LogP contribution is 2.20. The molecule has 34 heavy (non-hydrogen) atoms. The number of carbonyl (C=O) groups excluding carboxylic acids is 4. The lowest BCUT2D eigenvalue weighted by Gasteiger charge is -2.29. The third-order valence-electron chi connectivity index (χ3n) is 6.13. The molecule has 0 bridgehead atoms. The minimum Gasteiger partial charge on any atom is -0.480 e. The zero-order chi connectivity index (χ0) is 24.7. The predicted molar refractivity (Wildman–Crippen MR) is 121 cm³/mol. The molecule has 2 heterocycles. The molecule has 2 aliphatic rings. The first-order valence-corrected chi connectivity index (χ1v) is 11.5. The van der Waals surface area contributed by atoms with Gasteiger partial charge in [0.15, 0.2) is 0 Å². The summed E-state index contributed by atoms with van der Waals surface area (Å²) in [5.41, 5.74) is 6.06. The Balaban J connectivity index is 1.78. The molecule has 184 valence electrons. The van der Waals surface area contributed by atoms with Crippen molar-refractivity contribution in [1.82, 2.24) is 20.9 Å². The maximum Gasteiger partial charge on any atom is 0.326 e. The first-order chi connectivity index (χ1) is 16.3. The minimum atomic E-state index is -1.26. The number of nitrogens with one attached hydrogen (secondary N) is 3. The summed E-state index contributed by atoms with van der Waals surface area (Å²) in [7, 11) is 0. The number of nitrogens with two attached hydrogens (primary N) is 1. The Hall–Kier alpha value is -3.47. The minimum absolute atomic E-state index is 0.121. The van der Waals surface area contributed by atoms with E-state index in [-0.39, 0.29) is 13.0 Å². The van der Waals surface area contributed by atoms with E-state index in [1.165, 1.54) is 4.90 Å². The van der Waals surface area contributed by atoms with Gasteiger partial charge >= 0.3 is 5.97 Å². The number of rotatable bonds is 10. The second-order valence-corrected chi connectivity index (χ2v) is 8.66. The summed E-state index contributed by atoms with van der Waals surface area (Å²) in [5, 5.41) is 17.7. The number of carbonyl (C=O) groups is 5. The van der Waals surface area contributed by atoms with Gasteiger partial charge in [0.1, 0.15) is 18.1 Å². The van der Waals surface area contributed by atoms with Crippen LogP contribution in [0.4, 0.5) is 0 Å². The lowest BCUT2D eigenvalue weighted by molar-refractivity contribution is -0.149. The highest BCUT2D eigenvalue weighted by Gasteiger charge is 2.38. The lowest BCUT2D eigenvalue weighted by Crippen LogP contribution is -2.58. The first-order valence-electron chi connectivity index (χ1n) is 11.5. The van der Waals surface area contributed by atoms with Gasteiger partial charge in [0.25, 0.3) is 0 Å². The molecule has 4 atom stereocenters. The van der Waals surface area contributed by atoms with Crippen molar-refractivity contribution in [3.05, 3.63) is 35.9 Å². The van der Waals surface area contributed by atoms with Crippen molar-refractivity contribution in [1.29, 1.82) is 0 Å². The Bertz CT molecular complexity index is 918. The Labute approximate surface area is 197 Å². The van der Waals surface area contributed by atoms with Crippen LogP contribution in [-0.2, 0) is 30.4 Å². The smallest absolute Gasteiger partial charge is 0.326 e. The summed E-state index contributed by atoms with van der Waals surface area (Å²) in [6.45, 7) is 0.949. The predicted octanol–water partition coefficient (Wildman–Crippen LogP) is -1.10. The zero-order valence-electron chi connectivity index (χ0n) is 18.9. The van der Waals surface area contributed by atoms with Crippen molar-refractivity contribution < 1.29 is 29.1 Å². The van der Waals surface area contributed by atoms with Crippen LogP contribution < -0.4 is 21.7 Å². The van der Waals surface area contributed by atoms with Crippen molar-refractivity contribution >= 4 is 29.6 Å². The van der Waals surface area contributed by atoms with E-state index in [1.807, 2.05) is 6.07 Å². The summed E-state index contributed by atoms with van der Waals surface area (Å²) < 4.78 is 0. The fourth-order valence-electron chi connectivity index (χ4n) is 4.40. The largest absolute Gasteiger partial charge is 0.480 e. The van der Waals surface area contributed by atoms with Gasteiger partial charge in [-0.25, -0.2) is 4.79 Å². The maximum atomic E-state index is 13.3. The molecule has 0 radical (unpaired) electrons. The number of aliphatic carboxylic acids is 1. The standard InChI is InChI=1S/C23H31N5O6/c24-19(29)13-16(26-20(30)15-8-4-10-25-15)21(31)27-17(12-14-6-2-1-3-7-14)22(32)28-11-5-9-18(28)23(33)34/h1-3,6-7,15-18,25H,4-5,8-13H2,(H2,24,29)(H,26,30)(H,27,31)(H,33,34). The van der Waals surface area contributed by atoms with Crippen LogP contribution in [0.5, 0.6) is 0 Å². The Morgan fingerprint density at radius 2 is 1.79 bits per heavy atom. The SMILES string of the molecule is NC(=O)CC(NC(=O)C1CCCN1)C(=O)NC(Cc1ccccc1)C(=O)N1CCCC1C(=O)O. The van der Waals surface area contributed by atoms with Gasteiger partial charge in [0.2, 0.25) is 23.6 Å². The number of nitrogens with zero attached hydrogens (tertiary/aromatic N) is 1. The number of carboxylic acids is 1. The van der Waals surface area contributed by atoms with Gasteiger partial charge in [-0.3, -0.25) is 19.2 Å². The quantitative estimate of drug-likeness (QED) is 0.287. The maximum absolute atomic E-state index is 13.3. The van der Waals surface area contributed by atoms with E-state index in [1.54, 1.807) is 24.3 Å². The molecule has 2 fully saturated rings. The number of hydrogen-bond acceptors (Lipinski definition) is 6. The fraction of sp³-hybridized carbons (Fsp3) is 0.522. The van der Waals surface area contributed by atoms with Gasteiger partial charge < -0.3 is 31.7 Å². The van der Waals surface area contributed by atoms with Gasteiger partial charge in [0, 0.05) is 13.0 Å². The Morgan fingerprint density at radius 3 is 2.41 bits per heavy atom. The topological polar surface area (TPSA) is 171 Å². The molecule has 6 N–H and O–H groups in total. The summed E-state index contributed by atoms with van der Waals surface area (Å²) in [5.74, 6) is -3.56. The summed E-state index contributed by atoms with van der Waals surface area (Å²) >= 11 is 0. The normalized spacial score (nSPS) is 21.5. The van der Waals surface area contributed by atoms with Crippen LogP contribution in [0.1, 0.15) is 37.7 Å². The molecule has 0 aromatic heterocycles. The molecular formula is C23H31N5O6. The van der Waals surface area contributed by atoms with E-state index in [2.05, 4.69) is 16.0 Å². The molecule has 1 aromatic rings. The van der Waals surface area contributed by atoms with E-state index < -0.39 is 60.2 Å². The third kappa shape index (κ3) is 6.53. The van der Waals surface area contributed by atoms with Crippen LogP contribution in [0.2, 0.25) is 0 Å². The van der Waals surface area contributed by atoms with Crippen molar-refractivity contribution in [2.75, 3.05) is 13.1 Å². The fourth-order valence-corrected chi connectivity index (χ4v) is 4.40. The van der Waals surface area contributed by atoms with Crippen LogP contribution in [0.15, 0.2) is 30.3 Å². The van der Waals surface area contributed by atoms with Gasteiger partial charge in [-0.05, 0) is 37.8 Å². The van der Waals surface area contributed by atoms with Crippen LogP contribution in [0, 0.1) is 0 Å². The first kappa shape index (κ1) is 25.2. The van der Waals surface area contributed by atoms with E-state index >= 15 is 0 Å². The van der Waals surface area contributed by atoms with E-state index in [0.717, 1.165) is 12.0 Å². The summed E-state index contributed by atoms with van der Waals surface area (Å²) in [4.78, 5) is 63.5. The average molecular weight is 474 g/mol. The van der Waals surface area contributed by atoms with E-state index in [9.17, 15) is 29.1 Å². The average Bonchev–Trinajstić information content (AvgIpc) is 3.50. The van der Waals surface area contributed by atoms with Gasteiger partial charge in [-0.2, -0.15) is 0 Å². The molecule has 2 aliphatic heterocycles. The molecule has 11 nitrogen and oxygen atoms in total. The highest BCUT2D eigenvalue weighted by molar-refractivity contribution is 5.96. The molecule has 0 saturated carbocycles. The van der Waals surface area contributed by atoms with Crippen LogP contribution >= 0.6 is 0 Å². The van der Waals surface area contributed by atoms with Crippen molar-refractivity contribution in [3.8, 4) is 0 Å². The molecule has 4 unspecified atom stereocenters. The lowest BCUT2D eigenvalue weighted by atomic mass is 10.0. The molecule has 0 spiro atoms. The van der Waals surface area contributed by atoms with Gasteiger partial charge in [-0.15, -0.1) is 0 Å². The molecule has 2 saturated heterocycles. The van der Waals surface area contributed by atoms with Crippen LogP contribution in [0.25, 0.3) is 0 Å².